The van der Waals surface area contributed by atoms with Gasteiger partial charge >= 0.3 is 6.09 Å². The molecule has 6 atom stereocenters. The topological polar surface area (TPSA) is 114 Å². The first-order chi connectivity index (χ1) is 14.8. The van der Waals surface area contributed by atoms with Crippen molar-refractivity contribution in [1.82, 2.24) is 16.0 Å². The molecule has 2 amide bonds. The van der Waals surface area contributed by atoms with Crippen molar-refractivity contribution >= 4 is 12.0 Å². The predicted octanol–water partition coefficient (Wildman–Crippen LogP) is 1.12. The average Bonchev–Trinajstić information content (AvgIpc) is 3.63. The van der Waals surface area contributed by atoms with E-state index in [2.05, 4.69) is 42.8 Å². The number of epoxide rings is 2. The van der Waals surface area contributed by atoms with Gasteiger partial charge < -0.3 is 34.9 Å². The van der Waals surface area contributed by atoms with Gasteiger partial charge in [0.1, 0.15) is 23.4 Å². The maximum Gasteiger partial charge on any atom is 0.407 e. The number of methoxy groups -OCH3 is 1. The van der Waals surface area contributed by atoms with E-state index in [1.807, 2.05) is 0 Å². The van der Waals surface area contributed by atoms with E-state index in [0.29, 0.717) is 26.1 Å². The van der Waals surface area contributed by atoms with Crippen LogP contribution in [0, 0.1) is 5.92 Å². The highest BCUT2D eigenvalue weighted by Gasteiger charge is 2.72. The van der Waals surface area contributed by atoms with E-state index in [9.17, 15) is 9.59 Å². The van der Waals surface area contributed by atoms with Gasteiger partial charge in [-0.05, 0) is 47.1 Å². The molecule has 3 unspecified atom stereocenters. The van der Waals surface area contributed by atoms with Gasteiger partial charge in [0, 0.05) is 20.2 Å². The standard InChI is InChI=1S/C22H37N3O6/c1-14(2)6-7-16-21(3,31-16)19-18(28-5)15(8-9-22(19)13-29-22)30-20(27)25-11-10-24-17(26)12-23-4/h6,15-16,18-19,23H,7-13H2,1-5H3,(H,24,26)(H,25,27)/t15?,16-,18?,19?,21-,22+/m1/s1. The number of hydrogen-bond donors (Lipinski definition) is 3. The van der Waals surface area contributed by atoms with Crippen LogP contribution in [-0.2, 0) is 23.7 Å². The summed E-state index contributed by atoms with van der Waals surface area (Å²) in [7, 11) is 3.36. The normalized spacial score (nSPS) is 35.9. The lowest BCUT2D eigenvalue weighted by molar-refractivity contribution is -0.120. The lowest BCUT2D eigenvalue weighted by Crippen LogP contribution is -2.56. The van der Waals surface area contributed by atoms with Gasteiger partial charge in [-0.15, -0.1) is 0 Å². The molecular weight excluding hydrogens is 402 g/mol. The number of ether oxygens (including phenoxy) is 4. The molecule has 3 N–H and O–H groups in total. The summed E-state index contributed by atoms with van der Waals surface area (Å²) in [5, 5.41) is 8.17. The molecule has 0 aromatic carbocycles. The van der Waals surface area contributed by atoms with Crippen LogP contribution in [0.2, 0.25) is 0 Å². The van der Waals surface area contributed by atoms with Crippen molar-refractivity contribution in [2.45, 2.75) is 69.5 Å². The van der Waals surface area contributed by atoms with E-state index in [4.69, 9.17) is 18.9 Å². The van der Waals surface area contributed by atoms with Gasteiger partial charge in [0.25, 0.3) is 0 Å². The SMILES string of the molecule is CNCC(=O)NCCNC(=O)OC1CC[C@]2(CO2)C([C@]2(C)O[C@@H]2CC=C(C)C)C1OC. The van der Waals surface area contributed by atoms with Gasteiger partial charge in [0.05, 0.1) is 25.2 Å². The van der Waals surface area contributed by atoms with Crippen molar-refractivity contribution in [2.24, 2.45) is 5.92 Å². The van der Waals surface area contributed by atoms with Crippen molar-refractivity contribution in [1.29, 1.82) is 0 Å². The van der Waals surface area contributed by atoms with Crippen LogP contribution in [0.15, 0.2) is 11.6 Å². The van der Waals surface area contributed by atoms with Crippen LogP contribution in [0.1, 0.15) is 40.0 Å². The average molecular weight is 440 g/mol. The minimum absolute atomic E-state index is 0.00653. The third-order valence-corrected chi connectivity index (χ3v) is 6.55. The first-order valence-corrected chi connectivity index (χ1v) is 11.1. The number of allylic oxidation sites excluding steroid dienone is 1. The molecule has 1 saturated carbocycles. The molecule has 0 radical (unpaired) electrons. The Labute approximate surface area is 184 Å². The third kappa shape index (κ3) is 5.58. The molecule has 31 heavy (non-hydrogen) atoms. The number of likely N-dealkylation sites (N-methyl/N-ethyl adjacent to an activating group) is 1. The van der Waals surface area contributed by atoms with Gasteiger partial charge in [0.2, 0.25) is 5.91 Å². The molecule has 3 aliphatic rings. The Morgan fingerprint density at radius 3 is 2.55 bits per heavy atom. The molecule has 1 aliphatic carbocycles. The predicted molar refractivity (Wildman–Crippen MR) is 115 cm³/mol. The fourth-order valence-corrected chi connectivity index (χ4v) is 4.84. The van der Waals surface area contributed by atoms with E-state index in [1.165, 1.54) is 5.57 Å². The third-order valence-electron chi connectivity index (χ3n) is 6.55. The Morgan fingerprint density at radius 1 is 1.23 bits per heavy atom. The van der Waals surface area contributed by atoms with Crippen molar-refractivity contribution in [3.05, 3.63) is 11.6 Å². The van der Waals surface area contributed by atoms with Crippen LogP contribution in [-0.4, -0.2) is 81.9 Å². The van der Waals surface area contributed by atoms with Crippen LogP contribution in [0.25, 0.3) is 0 Å². The van der Waals surface area contributed by atoms with Crippen molar-refractivity contribution in [2.75, 3.05) is 40.4 Å². The smallest absolute Gasteiger partial charge is 0.407 e. The zero-order chi connectivity index (χ0) is 22.6. The molecule has 3 rings (SSSR count). The molecule has 1 spiro atoms. The number of amides is 2. The van der Waals surface area contributed by atoms with E-state index >= 15 is 0 Å². The van der Waals surface area contributed by atoms with Crippen LogP contribution >= 0.6 is 0 Å². The minimum atomic E-state index is -0.510. The summed E-state index contributed by atoms with van der Waals surface area (Å²) in [6.07, 6.45) is 3.45. The van der Waals surface area contributed by atoms with E-state index in [0.717, 1.165) is 12.8 Å². The number of rotatable bonds is 10. The first kappa shape index (κ1) is 24.0. The van der Waals surface area contributed by atoms with Gasteiger partial charge in [0.15, 0.2) is 0 Å². The highest BCUT2D eigenvalue weighted by Crippen LogP contribution is 2.59. The second-order valence-electron chi connectivity index (χ2n) is 9.13. The van der Waals surface area contributed by atoms with E-state index < -0.39 is 6.09 Å². The Morgan fingerprint density at radius 2 is 1.94 bits per heavy atom. The molecule has 2 aliphatic heterocycles. The quantitative estimate of drug-likeness (QED) is 0.266. The van der Waals surface area contributed by atoms with E-state index in [1.54, 1.807) is 14.2 Å². The number of hydrogen-bond acceptors (Lipinski definition) is 7. The zero-order valence-corrected chi connectivity index (χ0v) is 19.3. The summed E-state index contributed by atoms with van der Waals surface area (Å²) < 4.78 is 23.7. The fourth-order valence-electron chi connectivity index (χ4n) is 4.84. The van der Waals surface area contributed by atoms with Crippen molar-refractivity contribution in [3.8, 4) is 0 Å². The van der Waals surface area contributed by atoms with Crippen molar-refractivity contribution < 1.29 is 28.5 Å². The summed E-state index contributed by atoms with van der Waals surface area (Å²) in [6, 6.07) is 0. The van der Waals surface area contributed by atoms with Gasteiger partial charge in [-0.25, -0.2) is 4.79 Å². The van der Waals surface area contributed by atoms with Gasteiger partial charge in [-0.1, -0.05) is 11.6 Å². The zero-order valence-electron chi connectivity index (χ0n) is 19.3. The molecular formula is C22H37N3O6. The van der Waals surface area contributed by atoms with Crippen LogP contribution in [0.4, 0.5) is 4.79 Å². The van der Waals surface area contributed by atoms with Gasteiger partial charge in [-0.2, -0.15) is 0 Å². The van der Waals surface area contributed by atoms with Crippen molar-refractivity contribution in [3.63, 3.8) is 0 Å². The van der Waals surface area contributed by atoms with Gasteiger partial charge in [-0.3, -0.25) is 4.79 Å². The fraction of sp³-hybridized carbons (Fsp3) is 0.818. The highest BCUT2D eigenvalue weighted by molar-refractivity contribution is 5.78. The summed E-state index contributed by atoms with van der Waals surface area (Å²) in [6.45, 7) is 7.84. The monoisotopic (exact) mass is 439 g/mol. The van der Waals surface area contributed by atoms with E-state index in [-0.39, 0.29) is 47.9 Å². The Bertz CT molecular complexity index is 691. The summed E-state index contributed by atoms with van der Waals surface area (Å²) in [5.41, 5.74) is 0.657. The molecule has 0 aromatic rings. The number of nitrogens with one attached hydrogen (secondary N) is 3. The number of carbonyl (C=O) groups is 2. The molecule has 9 heteroatoms. The molecule has 176 valence electrons. The maximum atomic E-state index is 12.3. The second-order valence-corrected chi connectivity index (χ2v) is 9.13. The molecule has 0 bridgehead atoms. The molecule has 9 nitrogen and oxygen atoms in total. The lowest BCUT2D eigenvalue weighted by Gasteiger charge is -2.42. The molecule has 2 saturated heterocycles. The Kier molecular flexibility index (Phi) is 7.62. The molecule has 0 aromatic heterocycles. The molecule has 3 fully saturated rings. The molecule has 2 heterocycles. The second kappa shape index (κ2) is 9.85. The largest absolute Gasteiger partial charge is 0.443 e. The summed E-state index contributed by atoms with van der Waals surface area (Å²) in [5.74, 6) is -0.129. The lowest BCUT2D eigenvalue weighted by atomic mass is 9.68. The summed E-state index contributed by atoms with van der Waals surface area (Å²) in [4.78, 5) is 23.8. The highest BCUT2D eigenvalue weighted by atomic mass is 16.6. The first-order valence-electron chi connectivity index (χ1n) is 11.1. The Hall–Kier alpha value is -1.68. The summed E-state index contributed by atoms with van der Waals surface area (Å²) >= 11 is 0. The van der Waals surface area contributed by atoms with Crippen LogP contribution in [0.3, 0.4) is 0 Å². The van der Waals surface area contributed by atoms with Crippen LogP contribution < -0.4 is 16.0 Å². The maximum absolute atomic E-state index is 12.3. The number of alkyl carbamates (subject to hydrolysis) is 1. The minimum Gasteiger partial charge on any atom is -0.443 e. The Balaban J connectivity index is 1.56. The van der Waals surface area contributed by atoms with Crippen LogP contribution in [0.5, 0.6) is 0 Å². The number of carbonyl (C=O) groups excluding carboxylic acids is 2.